The molecule has 0 radical (unpaired) electrons. The quantitative estimate of drug-likeness (QED) is 0.806. The number of nitrogens with two attached hydrogens (primary N) is 1. The summed E-state index contributed by atoms with van der Waals surface area (Å²) in [6.45, 7) is 2.41. The van der Waals surface area contributed by atoms with E-state index < -0.39 is 0 Å². The van der Waals surface area contributed by atoms with Gasteiger partial charge in [-0.3, -0.25) is 4.98 Å². The van der Waals surface area contributed by atoms with Gasteiger partial charge in [-0.2, -0.15) is 5.10 Å². The van der Waals surface area contributed by atoms with E-state index in [1.165, 1.54) is 0 Å². The summed E-state index contributed by atoms with van der Waals surface area (Å²) >= 11 is 6.03. The summed E-state index contributed by atoms with van der Waals surface area (Å²) in [7, 11) is 0. The van der Waals surface area contributed by atoms with Crippen molar-refractivity contribution in [3.8, 4) is 16.9 Å². The van der Waals surface area contributed by atoms with Crippen LogP contribution in [-0.4, -0.2) is 14.8 Å². The highest BCUT2D eigenvalue weighted by molar-refractivity contribution is 6.30. The lowest BCUT2D eigenvalue weighted by Crippen LogP contribution is -2.03. The first kappa shape index (κ1) is 13.8. The van der Waals surface area contributed by atoms with Crippen molar-refractivity contribution in [1.82, 2.24) is 14.8 Å². The summed E-state index contributed by atoms with van der Waals surface area (Å²) < 4.78 is 1.89. The van der Waals surface area contributed by atoms with Crippen molar-refractivity contribution < 1.29 is 0 Å². The highest BCUT2D eigenvalue weighted by atomic mass is 35.5. The second kappa shape index (κ2) is 5.68. The van der Waals surface area contributed by atoms with Gasteiger partial charge in [0.1, 0.15) is 0 Å². The molecule has 2 aromatic heterocycles. The standard InChI is InChI=1S/C16H15ClN4/c1-11-7-13(17)4-5-15(11)21-16(8-14(9-18)20-21)12-3-2-6-19-10-12/h2-8,10H,9,18H2,1H3. The number of aromatic nitrogens is 3. The van der Waals surface area contributed by atoms with E-state index in [1.54, 1.807) is 6.20 Å². The van der Waals surface area contributed by atoms with Gasteiger partial charge in [-0.05, 0) is 48.9 Å². The van der Waals surface area contributed by atoms with E-state index >= 15 is 0 Å². The molecule has 21 heavy (non-hydrogen) atoms. The Morgan fingerprint density at radius 1 is 1.24 bits per heavy atom. The van der Waals surface area contributed by atoms with Crippen LogP contribution in [0.25, 0.3) is 16.9 Å². The molecule has 0 aliphatic heterocycles. The lowest BCUT2D eigenvalue weighted by molar-refractivity contribution is 0.833. The molecule has 106 valence electrons. The molecular weight excluding hydrogens is 284 g/mol. The lowest BCUT2D eigenvalue weighted by atomic mass is 10.1. The van der Waals surface area contributed by atoms with Gasteiger partial charge in [0.15, 0.2) is 0 Å². The third kappa shape index (κ3) is 2.68. The molecule has 0 unspecified atom stereocenters. The molecular formula is C16H15ClN4. The molecule has 0 atom stereocenters. The van der Waals surface area contributed by atoms with Crippen molar-refractivity contribution in [1.29, 1.82) is 0 Å². The molecule has 0 amide bonds. The average molecular weight is 299 g/mol. The number of rotatable bonds is 3. The SMILES string of the molecule is Cc1cc(Cl)ccc1-n1nc(CN)cc1-c1cccnc1. The zero-order valence-corrected chi connectivity index (χ0v) is 12.4. The van der Waals surface area contributed by atoms with Gasteiger partial charge in [-0.15, -0.1) is 0 Å². The van der Waals surface area contributed by atoms with Crippen LogP contribution < -0.4 is 5.73 Å². The van der Waals surface area contributed by atoms with Crippen molar-refractivity contribution >= 4 is 11.6 Å². The molecule has 0 saturated heterocycles. The number of hydrogen-bond donors (Lipinski definition) is 1. The van der Waals surface area contributed by atoms with Crippen LogP contribution in [0.1, 0.15) is 11.3 Å². The molecule has 3 rings (SSSR count). The summed E-state index contributed by atoms with van der Waals surface area (Å²) in [4.78, 5) is 4.17. The zero-order chi connectivity index (χ0) is 14.8. The van der Waals surface area contributed by atoms with Crippen molar-refractivity contribution in [3.05, 3.63) is 65.1 Å². The summed E-state index contributed by atoms with van der Waals surface area (Å²) in [5.41, 5.74) is 10.6. The smallest absolute Gasteiger partial charge is 0.0771 e. The number of halogens is 1. The predicted octanol–water partition coefficient (Wildman–Crippen LogP) is 3.35. The topological polar surface area (TPSA) is 56.7 Å². The fourth-order valence-corrected chi connectivity index (χ4v) is 2.52. The minimum atomic E-state index is 0.396. The highest BCUT2D eigenvalue weighted by Gasteiger charge is 2.13. The number of nitrogens with zero attached hydrogens (tertiary/aromatic N) is 3. The van der Waals surface area contributed by atoms with Gasteiger partial charge in [0.05, 0.1) is 17.1 Å². The van der Waals surface area contributed by atoms with Crippen molar-refractivity contribution in [2.24, 2.45) is 5.73 Å². The Balaban J connectivity index is 2.20. The van der Waals surface area contributed by atoms with Crippen LogP contribution in [0, 0.1) is 6.92 Å². The number of pyridine rings is 1. The molecule has 1 aromatic carbocycles. The fourth-order valence-electron chi connectivity index (χ4n) is 2.29. The molecule has 0 spiro atoms. The summed E-state index contributed by atoms with van der Waals surface area (Å²) in [5, 5.41) is 5.30. The van der Waals surface area contributed by atoms with E-state index in [1.807, 2.05) is 54.2 Å². The molecule has 2 heterocycles. The fraction of sp³-hybridized carbons (Fsp3) is 0.125. The predicted molar refractivity (Wildman–Crippen MR) is 84.4 cm³/mol. The van der Waals surface area contributed by atoms with Gasteiger partial charge in [-0.25, -0.2) is 4.68 Å². The maximum absolute atomic E-state index is 6.03. The van der Waals surface area contributed by atoms with Crippen LogP contribution in [0.5, 0.6) is 0 Å². The van der Waals surface area contributed by atoms with Crippen molar-refractivity contribution in [3.63, 3.8) is 0 Å². The summed E-state index contributed by atoms with van der Waals surface area (Å²) in [6, 6.07) is 11.7. The van der Waals surface area contributed by atoms with Crippen molar-refractivity contribution in [2.45, 2.75) is 13.5 Å². The van der Waals surface area contributed by atoms with E-state index in [9.17, 15) is 0 Å². The van der Waals surface area contributed by atoms with Crippen LogP contribution in [0.2, 0.25) is 5.02 Å². The van der Waals surface area contributed by atoms with E-state index in [0.29, 0.717) is 11.6 Å². The molecule has 0 aliphatic carbocycles. The Bertz CT molecular complexity index is 765. The molecule has 0 bridgehead atoms. The first-order valence-electron chi connectivity index (χ1n) is 6.65. The Kier molecular flexibility index (Phi) is 3.73. The molecule has 0 saturated carbocycles. The molecule has 0 aliphatic rings. The minimum Gasteiger partial charge on any atom is -0.325 e. The van der Waals surface area contributed by atoms with E-state index in [2.05, 4.69) is 10.1 Å². The van der Waals surface area contributed by atoms with Gasteiger partial charge in [0.2, 0.25) is 0 Å². The van der Waals surface area contributed by atoms with Gasteiger partial charge in [-0.1, -0.05) is 11.6 Å². The number of benzene rings is 1. The van der Waals surface area contributed by atoms with E-state index in [0.717, 1.165) is 28.2 Å². The number of aryl methyl sites for hydroxylation is 1. The monoisotopic (exact) mass is 298 g/mol. The summed E-state index contributed by atoms with van der Waals surface area (Å²) in [6.07, 6.45) is 3.57. The van der Waals surface area contributed by atoms with Crippen LogP contribution in [0.15, 0.2) is 48.8 Å². The van der Waals surface area contributed by atoms with Gasteiger partial charge in [0.25, 0.3) is 0 Å². The third-order valence-corrected chi connectivity index (χ3v) is 3.55. The van der Waals surface area contributed by atoms with Gasteiger partial charge in [0, 0.05) is 29.5 Å². The molecule has 4 nitrogen and oxygen atoms in total. The van der Waals surface area contributed by atoms with Crippen LogP contribution >= 0.6 is 11.6 Å². The normalized spacial score (nSPS) is 10.8. The third-order valence-electron chi connectivity index (χ3n) is 3.31. The maximum atomic E-state index is 6.03. The van der Waals surface area contributed by atoms with Crippen LogP contribution in [0.4, 0.5) is 0 Å². The average Bonchev–Trinajstić information content (AvgIpc) is 2.92. The molecule has 3 aromatic rings. The van der Waals surface area contributed by atoms with Gasteiger partial charge >= 0.3 is 0 Å². The first-order chi connectivity index (χ1) is 10.2. The van der Waals surface area contributed by atoms with Gasteiger partial charge < -0.3 is 5.73 Å². The highest BCUT2D eigenvalue weighted by Crippen LogP contribution is 2.26. The second-order valence-electron chi connectivity index (χ2n) is 4.81. The second-order valence-corrected chi connectivity index (χ2v) is 5.25. The summed E-state index contributed by atoms with van der Waals surface area (Å²) in [5.74, 6) is 0. The molecule has 5 heteroatoms. The first-order valence-corrected chi connectivity index (χ1v) is 7.03. The molecule has 2 N–H and O–H groups in total. The minimum absolute atomic E-state index is 0.396. The maximum Gasteiger partial charge on any atom is 0.0771 e. The number of hydrogen-bond acceptors (Lipinski definition) is 3. The Labute approximate surface area is 128 Å². The van der Waals surface area contributed by atoms with Crippen LogP contribution in [-0.2, 0) is 6.54 Å². The van der Waals surface area contributed by atoms with E-state index in [-0.39, 0.29) is 0 Å². The Morgan fingerprint density at radius 2 is 2.10 bits per heavy atom. The Hall–Kier alpha value is -2.17. The largest absolute Gasteiger partial charge is 0.325 e. The Morgan fingerprint density at radius 3 is 2.76 bits per heavy atom. The molecule has 0 fully saturated rings. The van der Waals surface area contributed by atoms with E-state index in [4.69, 9.17) is 17.3 Å². The lowest BCUT2D eigenvalue weighted by Gasteiger charge is -2.10. The van der Waals surface area contributed by atoms with Crippen LogP contribution in [0.3, 0.4) is 0 Å². The zero-order valence-electron chi connectivity index (χ0n) is 11.6. The van der Waals surface area contributed by atoms with Crippen molar-refractivity contribution in [2.75, 3.05) is 0 Å².